The smallest absolute Gasteiger partial charge is 0.407 e. The molecule has 0 aliphatic heterocycles. The number of carbonyl (C=O) groups excluding carboxylic acids is 2. The van der Waals surface area contributed by atoms with Crippen LogP contribution in [0.3, 0.4) is 0 Å². The predicted molar refractivity (Wildman–Crippen MR) is 111 cm³/mol. The maximum Gasteiger partial charge on any atom is 0.407 e. The first-order valence-electron chi connectivity index (χ1n) is 9.19. The van der Waals surface area contributed by atoms with E-state index in [9.17, 15) is 9.59 Å². The molecular formula is C20H28N4O4S. The van der Waals surface area contributed by atoms with Crippen molar-refractivity contribution in [3.63, 3.8) is 0 Å². The third-order valence-electron chi connectivity index (χ3n) is 4.06. The summed E-state index contributed by atoms with van der Waals surface area (Å²) in [6, 6.07) is 6.82. The fraction of sp³-hybridized carbons (Fsp3) is 0.450. The van der Waals surface area contributed by atoms with Gasteiger partial charge in [-0.05, 0) is 30.0 Å². The molecule has 0 unspecified atom stereocenters. The third-order valence-corrected chi connectivity index (χ3v) is 4.88. The van der Waals surface area contributed by atoms with Gasteiger partial charge in [-0.25, -0.2) is 15.2 Å². The van der Waals surface area contributed by atoms with Crippen molar-refractivity contribution in [2.24, 2.45) is 5.41 Å². The van der Waals surface area contributed by atoms with Crippen molar-refractivity contribution in [1.82, 2.24) is 21.2 Å². The second-order valence-corrected chi connectivity index (χ2v) is 8.63. The fourth-order valence-corrected chi connectivity index (χ4v) is 3.09. The number of hydrogen-bond donors (Lipinski definition) is 3. The molecule has 0 bridgehead atoms. The van der Waals surface area contributed by atoms with Gasteiger partial charge < -0.3 is 14.8 Å². The number of carbonyl (C=O) groups is 2. The fourth-order valence-electron chi connectivity index (χ4n) is 2.49. The minimum Gasteiger partial charge on any atom is -0.487 e. The number of benzene rings is 1. The van der Waals surface area contributed by atoms with Crippen molar-refractivity contribution in [3.8, 4) is 5.75 Å². The summed E-state index contributed by atoms with van der Waals surface area (Å²) in [6.45, 7) is 8.40. The predicted octanol–water partition coefficient (Wildman–Crippen LogP) is 2.92. The van der Waals surface area contributed by atoms with Gasteiger partial charge in [0, 0.05) is 11.9 Å². The van der Waals surface area contributed by atoms with Crippen LogP contribution in [0.25, 0.3) is 0 Å². The molecule has 2 amide bonds. The van der Waals surface area contributed by atoms with Gasteiger partial charge in [0.25, 0.3) is 5.91 Å². The van der Waals surface area contributed by atoms with Crippen LogP contribution in [0.2, 0.25) is 0 Å². The monoisotopic (exact) mass is 420 g/mol. The molecule has 0 aliphatic carbocycles. The van der Waals surface area contributed by atoms with E-state index >= 15 is 0 Å². The van der Waals surface area contributed by atoms with Crippen molar-refractivity contribution >= 4 is 23.3 Å². The summed E-state index contributed by atoms with van der Waals surface area (Å²) in [5.74, 6) is 0.403. The topological polar surface area (TPSA) is 102 Å². The normalized spacial score (nSPS) is 12.2. The van der Waals surface area contributed by atoms with E-state index in [1.54, 1.807) is 11.3 Å². The minimum atomic E-state index is -0.743. The average Bonchev–Trinajstić information content (AvgIpc) is 3.09. The molecule has 0 aliphatic rings. The minimum absolute atomic E-state index is 0.346. The van der Waals surface area contributed by atoms with E-state index in [0.717, 1.165) is 22.0 Å². The van der Waals surface area contributed by atoms with Crippen LogP contribution in [0.4, 0.5) is 4.79 Å². The van der Waals surface area contributed by atoms with Crippen molar-refractivity contribution < 1.29 is 19.1 Å². The number of amides is 2. The molecule has 0 saturated heterocycles. The molecule has 1 aromatic carbocycles. The van der Waals surface area contributed by atoms with E-state index in [4.69, 9.17) is 4.74 Å². The highest BCUT2D eigenvalue weighted by molar-refractivity contribution is 7.09. The summed E-state index contributed by atoms with van der Waals surface area (Å²) < 4.78 is 10.3. The number of thiazole rings is 1. The number of alkyl carbamates (subject to hydrolysis) is 1. The van der Waals surface area contributed by atoms with Gasteiger partial charge in [-0.2, -0.15) is 0 Å². The number of ether oxygens (including phenoxy) is 2. The van der Waals surface area contributed by atoms with Crippen LogP contribution in [0.1, 0.15) is 37.0 Å². The zero-order valence-corrected chi connectivity index (χ0v) is 18.2. The van der Waals surface area contributed by atoms with Crippen molar-refractivity contribution in [2.75, 3.05) is 7.11 Å². The van der Waals surface area contributed by atoms with Crippen LogP contribution in [-0.2, 0) is 22.7 Å². The first-order chi connectivity index (χ1) is 13.7. The zero-order chi connectivity index (χ0) is 21.4. The van der Waals surface area contributed by atoms with Crippen LogP contribution < -0.4 is 20.9 Å². The molecular weight excluding hydrogens is 392 g/mol. The van der Waals surface area contributed by atoms with E-state index in [-0.39, 0.29) is 5.91 Å². The molecule has 29 heavy (non-hydrogen) atoms. The summed E-state index contributed by atoms with van der Waals surface area (Å²) in [5, 5.41) is 5.56. The maximum atomic E-state index is 12.4. The lowest BCUT2D eigenvalue weighted by atomic mass is 9.86. The van der Waals surface area contributed by atoms with E-state index in [1.807, 2.05) is 57.3 Å². The first kappa shape index (κ1) is 22.6. The number of aryl methyl sites for hydroxylation is 1. The average molecular weight is 421 g/mol. The third kappa shape index (κ3) is 7.35. The summed E-state index contributed by atoms with van der Waals surface area (Å²) in [5.41, 5.74) is 6.92. The molecule has 1 atom stereocenters. The molecule has 0 saturated carbocycles. The zero-order valence-electron chi connectivity index (χ0n) is 17.4. The van der Waals surface area contributed by atoms with Gasteiger partial charge in [0.1, 0.15) is 18.4 Å². The van der Waals surface area contributed by atoms with Gasteiger partial charge in [0.15, 0.2) is 0 Å². The van der Waals surface area contributed by atoms with Crippen LogP contribution in [-0.4, -0.2) is 30.1 Å². The van der Waals surface area contributed by atoms with E-state index < -0.39 is 17.6 Å². The number of hydrazine groups is 1. The molecule has 3 N–H and O–H groups in total. The first-order valence-corrected chi connectivity index (χ1v) is 10.1. The Labute approximate surface area is 175 Å². The lowest BCUT2D eigenvalue weighted by Crippen LogP contribution is -2.56. The molecule has 2 aromatic rings. The Balaban J connectivity index is 1.81. The quantitative estimate of drug-likeness (QED) is 0.568. The molecule has 1 aromatic heterocycles. The number of rotatable bonds is 8. The van der Waals surface area contributed by atoms with Gasteiger partial charge in [-0.15, -0.1) is 11.3 Å². The Morgan fingerprint density at radius 2 is 1.90 bits per heavy atom. The standard InChI is InChI=1S/C20H28N4O4S/c1-13-22-15(12-29-13)11-28-16-8-6-14(7-9-16)10-21-24-18(25)17(20(2,3)4)23-19(26)27-5/h6-9,12,17,21H,10-11H2,1-5H3,(H,23,26)(H,24,25)/t17-/m1/s1. The lowest BCUT2D eigenvalue weighted by molar-refractivity contribution is -0.126. The maximum absolute atomic E-state index is 12.4. The second kappa shape index (κ2) is 10.2. The summed E-state index contributed by atoms with van der Waals surface area (Å²) in [7, 11) is 1.26. The Morgan fingerprint density at radius 3 is 2.45 bits per heavy atom. The molecule has 0 spiro atoms. The molecule has 158 valence electrons. The van der Waals surface area contributed by atoms with Crippen molar-refractivity contribution in [1.29, 1.82) is 0 Å². The van der Waals surface area contributed by atoms with Gasteiger partial charge in [0.2, 0.25) is 0 Å². The molecule has 9 heteroatoms. The largest absolute Gasteiger partial charge is 0.487 e. The summed E-state index contributed by atoms with van der Waals surface area (Å²) in [6.07, 6.45) is -0.650. The van der Waals surface area contributed by atoms with Gasteiger partial charge in [0.05, 0.1) is 17.8 Å². The molecule has 0 radical (unpaired) electrons. The number of aromatic nitrogens is 1. The van der Waals surface area contributed by atoms with E-state index in [2.05, 4.69) is 25.9 Å². The summed E-state index contributed by atoms with van der Waals surface area (Å²) >= 11 is 1.60. The molecule has 0 fully saturated rings. The van der Waals surface area contributed by atoms with Crippen LogP contribution in [0.5, 0.6) is 5.75 Å². The van der Waals surface area contributed by atoms with Crippen LogP contribution >= 0.6 is 11.3 Å². The number of nitrogens with zero attached hydrogens (tertiary/aromatic N) is 1. The van der Waals surface area contributed by atoms with Gasteiger partial charge >= 0.3 is 6.09 Å². The number of hydrogen-bond acceptors (Lipinski definition) is 7. The van der Waals surface area contributed by atoms with Gasteiger partial charge in [-0.3, -0.25) is 10.2 Å². The molecule has 8 nitrogen and oxygen atoms in total. The number of nitrogens with one attached hydrogen (secondary N) is 3. The van der Waals surface area contributed by atoms with Crippen molar-refractivity contribution in [3.05, 3.63) is 45.9 Å². The highest BCUT2D eigenvalue weighted by Crippen LogP contribution is 2.19. The summed E-state index contributed by atoms with van der Waals surface area (Å²) in [4.78, 5) is 28.3. The molecule has 1 heterocycles. The van der Waals surface area contributed by atoms with Crippen LogP contribution in [0.15, 0.2) is 29.6 Å². The SMILES string of the molecule is COC(=O)N[C@H](C(=O)NNCc1ccc(OCc2csc(C)n2)cc1)C(C)(C)C. The second-order valence-electron chi connectivity index (χ2n) is 7.57. The van der Waals surface area contributed by atoms with Crippen molar-refractivity contribution in [2.45, 2.75) is 46.9 Å². The Morgan fingerprint density at radius 1 is 1.21 bits per heavy atom. The lowest BCUT2D eigenvalue weighted by Gasteiger charge is -2.29. The number of methoxy groups -OCH3 is 1. The van der Waals surface area contributed by atoms with Crippen LogP contribution in [0, 0.1) is 12.3 Å². The molecule has 2 rings (SSSR count). The Kier molecular flexibility index (Phi) is 7.98. The highest BCUT2D eigenvalue weighted by atomic mass is 32.1. The van der Waals surface area contributed by atoms with E-state index in [1.165, 1.54) is 7.11 Å². The Bertz CT molecular complexity index is 815. The highest BCUT2D eigenvalue weighted by Gasteiger charge is 2.33. The van der Waals surface area contributed by atoms with Gasteiger partial charge in [-0.1, -0.05) is 32.9 Å². The Hall–Kier alpha value is -2.65. The van der Waals surface area contributed by atoms with E-state index in [0.29, 0.717) is 13.2 Å².